The summed E-state index contributed by atoms with van der Waals surface area (Å²) in [5.41, 5.74) is 4.62. The van der Waals surface area contributed by atoms with Crippen LogP contribution in [0.25, 0.3) is 0 Å². The molecule has 1 N–H and O–H groups in total. The molecule has 0 aromatic heterocycles. The number of hydrogen-bond acceptors (Lipinski definition) is 3. The maximum Gasteiger partial charge on any atom is 0.264 e. The lowest BCUT2D eigenvalue weighted by atomic mass is 9.86. The fourth-order valence-electron chi connectivity index (χ4n) is 4.92. The number of amides is 2. The van der Waals surface area contributed by atoms with Gasteiger partial charge in [0, 0.05) is 21.8 Å². The Morgan fingerprint density at radius 3 is 2.68 bits per heavy atom. The number of anilines is 1. The van der Waals surface area contributed by atoms with E-state index in [0.717, 1.165) is 24.8 Å². The average Bonchev–Trinajstić information content (AvgIpc) is 3.00. The lowest BCUT2D eigenvalue weighted by Gasteiger charge is -2.36. The molecule has 2 amide bonds. The summed E-state index contributed by atoms with van der Waals surface area (Å²) < 4.78 is 6.17. The molecule has 0 saturated carbocycles. The van der Waals surface area contributed by atoms with Crippen LogP contribution in [0.1, 0.15) is 59.3 Å². The number of carbonyl (C=O) groups excluding carboxylic acids is 2. The molecule has 0 bridgehead atoms. The topological polar surface area (TPSA) is 58.6 Å². The second kappa shape index (κ2) is 9.51. The van der Waals surface area contributed by atoms with Gasteiger partial charge >= 0.3 is 0 Å². The zero-order chi connectivity index (χ0) is 23.7. The highest BCUT2D eigenvalue weighted by molar-refractivity contribution is 6.30. The minimum atomic E-state index is -0.523. The molecule has 34 heavy (non-hydrogen) atoms. The fraction of sp³-hybridized carbons (Fsp3) is 0.286. The second-order valence-electron chi connectivity index (χ2n) is 8.87. The Kier molecular flexibility index (Phi) is 6.29. The van der Waals surface area contributed by atoms with Gasteiger partial charge in [-0.3, -0.25) is 9.59 Å². The predicted molar refractivity (Wildman–Crippen MR) is 133 cm³/mol. The van der Waals surface area contributed by atoms with Crippen LogP contribution in [0, 0.1) is 0 Å². The van der Waals surface area contributed by atoms with Crippen molar-refractivity contribution in [2.75, 3.05) is 5.32 Å². The van der Waals surface area contributed by atoms with E-state index in [4.69, 9.17) is 16.3 Å². The molecule has 1 aliphatic carbocycles. The number of nitrogens with one attached hydrogen (secondary N) is 1. The normalized spacial score (nSPS) is 19.5. The maximum atomic E-state index is 13.5. The van der Waals surface area contributed by atoms with Crippen LogP contribution in [0.3, 0.4) is 0 Å². The molecule has 5 nitrogen and oxygen atoms in total. The first-order valence-corrected chi connectivity index (χ1v) is 12.2. The summed E-state index contributed by atoms with van der Waals surface area (Å²) in [6, 6.07) is 20.8. The minimum absolute atomic E-state index is 0.0205. The van der Waals surface area contributed by atoms with Crippen LogP contribution < -0.4 is 10.1 Å². The summed E-state index contributed by atoms with van der Waals surface area (Å²) >= 11 is 5.94. The molecule has 1 heterocycles. The van der Waals surface area contributed by atoms with Crippen LogP contribution in [0.15, 0.2) is 66.7 Å². The van der Waals surface area contributed by atoms with Gasteiger partial charge in [0.1, 0.15) is 5.75 Å². The number of carbonyl (C=O) groups is 2. The third-order valence-corrected chi connectivity index (χ3v) is 6.93. The molecule has 174 valence electrons. The van der Waals surface area contributed by atoms with E-state index in [-0.39, 0.29) is 17.9 Å². The summed E-state index contributed by atoms with van der Waals surface area (Å²) in [6.07, 6.45) is 3.09. The number of hydrogen-bond donors (Lipinski definition) is 1. The molecule has 0 unspecified atom stereocenters. The van der Waals surface area contributed by atoms with Gasteiger partial charge in [-0.1, -0.05) is 42.8 Å². The van der Waals surface area contributed by atoms with E-state index in [0.29, 0.717) is 35.0 Å². The summed E-state index contributed by atoms with van der Waals surface area (Å²) in [6.45, 7) is 2.41. The standard InChI is InChI=1S/C28H27ClN2O3/c1-2-25-28(33)31(24-9-5-7-18-6-3-4-8-23(18)24)17-20-16-22(14-15-26(20)34-25)30-27(32)19-10-12-21(29)13-11-19/h3-4,6,8,10-16,24-25H,2,5,7,9,17H2,1H3,(H,30,32)/t24-,25-/m0/s1. The Morgan fingerprint density at radius 1 is 1.09 bits per heavy atom. The number of ether oxygens (including phenoxy) is 1. The van der Waals surface area contributed by atoms with Gasteiger partial charge in [-0.25, -0.2) is 0 Å². The third kappa shape index (κ3) is 4.40. The van der Waals surface area contributed by atoms with Crippen molar-refractivity contribution in [3.63, 3.8) is 0 Å². The van der Waals surface area contributed by atoms with E-state index in [9.17, 15) is 9.59 Å². The second-order valence-corrected chi connectivity index (χ2v) is 9.31. The number of rotatable bonds is 4. The van der Waals surface area contributed by atoms with E-state index >= 15 is 0 Å². The van der Waals surface area contributed by atoms with Crippen LogP contribution in [-0.4, -0.2) is 22.8 Å². The van der Waals surface area contributed by atoms with Crippen molar-refractivity contribution in [3.8, 4) is 5.75 Å². The largest absolute Gasteiger partial charge is 0.480 e. The SMILES string of the molecule is CC[C@@H]1Oc2ccc(NC(=O)c3ccc(Cl)cc3)cc2CN([C@H]2CCCc3ccccc32)C1=O. The number of nitrogens with zero attached hydrogens (tertiary/aromatic N) is 1. The van der Waals surface area contributed by atoms with Crippen molar-refractivity contribution in [1.82, 2.24) is 4.90 Å². The first-order valence-electron chi connectivity index (χ1n) is 11.8. The molecular formula is C28H27ClN2O3. The quantitative estimate of drug-likeness (QED) is 0.492. The van der Waals surface area contributed by atoms with Crippen LogP contribution >= 0.6 is 11.6 Å². The summed E-state index contributed by atoms with van der Waals surface area (Å²) in [4.78, 5) is 28.2. The molecule has 2 aliphatic rings. The van der Waals surface area contributed by atoms with E-state index in [2.05, 4.69) is 23.5 Å². The Balaban J connectivity index is 1.45. The van der Waals surface area contributed by atoms with Crippen LogP contribution in [-0.2, 0) is 17.8 Å². The van der Waals surface area contributed by atoms with Gasteiger partial charge in [0.2, 0.25) is 0 Å². The van der Waals surface area contributed by atoms with Gasteiger partial charge in [0.15, 0.2) is 6.10 Å². The molecule has 3 aromatic carbocycles. The Hall–Kier alpha value is -3.31. The van der Waals surface area contributed by atoms with Gasteiger partial charge in [-0.15, -0.1) is 0 Å². The molecule has 1 aliphatic heterocycles. The highest BCUT2D eigenvalue weighted by Crippen LogP contribution is 2.39. The molecular weight excluding hydrogens is 448 g/mol. The number of halogens is 1. The molecule has 0 fully saturated rings. The van der Waals surface area contributed by atoms with E-state index in [1.807, 2.05) is 36.1 Å². The van der Waals surface area contributed by atoms with Gasteiger partial charge in [-0.05, 0) is 79.3 Å². The first-order chi connectivity index (χ1) is 16.5. The highest BCUT2D eigenvalue weighted by Gasteiger charge is 2.36. The smallest absolute Gasteiger partial charge is 0.264 e. The Bertz CT molecular complexity index is 1220. The maximum absolute atomic E-state index is 13.5. The first kappa shape index (κ1) is 22.5. The number of aryl methyl sites for hydroxylation is 1. The lowest BCUT2D eigenvalue weighted by molar-refractivity contribution is -0.141. The number of fused-ring (bicyclic) bond motifs is 2. The van der Waals surface area contributed by atoms with Gasteiger partial charge in [-0.2, -0.15) is 0 Å². The molecule has 0 spiro atoms. The Morgan fingerprint density at radius 2 is 1.88 bits per heavy atom. The van der Waals surface area contributed by atoms with Gasteiger partial charge in [0.25, 0.3) is 11.8 Å². The van der Waals surface area contributed by atoms with Crippen molar-refractivity contribution in [2.24, 2.45) is 0 Å². The summed E-state index contributed by atoms with van der Waals surface area (Å²) in [7, 11) is 0. The van der Waals surface area contributed by atoms with Crippen LogP contribution in [0.4, 0.5) is 5.69 Å². The summed E-state index contributed by atoms with van der Waals surface area (Å²) in [5, 5.41) is 3.54. The zero-order valence-electron chi connectivity index (χ0n) is 19.1. The van der Waals surface area contributed by atoms with Crippen molar-refractivity contribution in [3.05, 3.63) is 94.0 Å². The lowest BCUT2D eigenvalue weighted by Crippen LogP contribution is -2.42. The molecule has 0 saturated heterocycles. The third-order valence-electron chi connectivity index (χ3n) is 6.68. The molecule has 3 aromatic rings. The molecule has 5 rings (SSSR count). The molecule has 6 heteroatoms. The Labute approximate surface area is 204 Å². The monoisotopic (exact) mass is 474 g/mol. The van der Waals surface area contributed by atoms with Crippen molar-refractivity contribution < 1.29 is 14.3 Å². The average molecular weight is 475 g/mol. The van der Waals surface area contributed by atoms with E-state index in [1.165, 1.54) is 11.1 Å². The molecule has 0 radical (unpaired) electrons. The van der Waals surface area contributed by atoms with Gasteiger partial charge < -0.3 is 15.0 Å². The fourth-order valence-corrected chi connectivity index (χ4v) is 5.05. The van der Waals surface area contributed by atoms with Crippen LogP contribution in [0.5, 0.6) is 5.75 Å². The summed E-state index contributed by atoms with van der Waals surface area (Å²) in [5.74, 6) is 0.496. The van der Waals surface area contributed by atoms with Gasteiger partial charge in [0.05, 0.1) is 12.6 Å². The van der Waals surface area contributed by atoms with Crippen molar-refractivity contribution in [1.29, 1.82) is 0 Å². The van der Waals surface area contributed by atoms with Crippen molar-refractivity contribution in [2.45, 2.75) is 51.3 Å². The highest BCUT2D eigenvalue weighted by atomic mass is 35.5. The van der Waals surface area contributed by atoms with Crippen molar-refractivity contribution >= 4 is 29.1 Å². The molecule has 2 atom stereocenters. The number of benzene rings is 3. The predicted octanol–water partition coefficient (Wildman–Crippen LogP) is 6.17. The van der Waals surface area contributed by atoms with E-state index < -0.39 is 6.10 Å². The zero-order valence-corrected chi connectivity index (χ0v) is 19.8. The van der Waals surface area contributed by atoms with E-state index in [1.54, 1.807) is 24.3 Å². The van der Waals surface area contributed by atoms with Crippen LogP contribution in [0.2, 0.25) is 5.02 Å². The minimum Gasteiger partial charge on any atom is -0.480 e.